The van der Waals surface area contributed by atoms with Gasteiger partial charge < -0.3 is 10.2 Å². The highest BCUT2D eigenvalue weighted by atomic mass is 79.9. The number of anilines is 1. The number of hydrogen-bond donors (Lipinski definition) is 1. The SMILES string of the molecule is CN(c1cnc(Br)cn1)C1CNC1. The number of hydrogen-bond acceptors (Lipinski definition) is 4. The average molecular weight is 243 g/mol. The monoisotopic (exact) mass is 242 g/mol. The van der Waals surface area contributed by atoms with Crippen molar-refractivity contribution in [3.8, 4) is 0 Å². The molecule has 0 bridgehead atoms. The maximum atomic E-state index is 4.27. The van der Waals surface area contributed by atoms with Gasteiger partial charge in [-0.3, -0.25) is 0 Å². The Morgan fingerprint density at radius 1 is 1.46 bits per heavy atom. The van der Waals surface area contributed by atoms with Gasteiger partial charge in [-0.05, 0) is 15.9 Å². The molecule has 0 saturated carbocycles. The number of rotatable bonds is 2. The third kappa shape index (κ3) is 1.81. The molecule has 0 amide bonds. The lowest BCUT2D eigenvalue weighted by molar-refractivity contribution is 0.426. The summed E-state index contributed by atoms with van der Waals surface area (Å²) in [6, 6.07) is 0.565. The Hall–Kier alpha value is -0.680. The Morgan fingerprint density at radius 3 is 2.69 bits per heavy atom. The number of aromatic nitrogens is 2. The van der Waals surface area contributed by atoms with Gasteiger partial charge >= 0.3 is 0 Å². The van der Waals surface area contributed by atoms with Crippen molar-refractivity contribution in [2.75, 3.05) is 25.0 Å². The molecular weight excluding hydrogens is 232 g/mol. The van der Waals surface area contributed by atoms with Gasteiger partial charge in [0.15, 0.2) is 0 Å². The van der Waals surface area contributed by atoms with E-state index in [1.165, 1.54) is 0 Å². The lowest BCUT2D eigenvalue weighted by atomic mass is 10.1. The first kappa shape index (κ1) is 8.90. The van der Waals surface area contributed by atoms with Crippen LogP contribution in [-0.4, -0.2) is 36.1 Å². The molecule has 4 nitrogen and oxygen atoms in total. The average Bonchev–Trinajstić information content (AvgIpc) is 2.02. The molecular formula is C8H11BrN4. The van der Waals surface area contributed by atoms with Gasteiger partial charge in [-0.2, -0.15) is 0 Å². The van der Waals surface area contributed by atoms with Crippen molar-refractivity contribution in [2.24, 2.45) is 0 Å². The lowest BCUT2D eigenvalue weighted by Crippen LogP contribution is -2.56. The molecule has 1 aromatic heterocycles. The second-order valence-corrected chi connectivity index (χ2v) is 3.93. The fourth-order valence-corrected chi connectivity index (χ4v) is 1.43. The van der Waals surface area contributed by atoms with E-state index in [1.54, 1.807) is 12.4 Å². The molecule has 1 aliphatic heterocycles. The largest absolute Gasteiger partial charge is 0.353 e. The van der Waals surface area contributed by atoms with Crippen LogP contribution in [0.1, 0.15) is 0 Å². The van der Waals surface area contributed by atoms with Crippen LogP contribution < -0.4 is 10.2 Å². The molecule has 70 valence electrons. The summed E-state index contributed by atoms with van der Waals surface area (Å²) in [6.45, 7) is 2.07. The van der Waals surface area contributed by atoms with Gasteiger partial charge in [0.05, 0.1) is 18.4 Å². The van der Waals surface area contributed by atoms with Gasteiger partial charge in [-0.15, -0.1) is 0 Å². The van der Waals surface area contributed by atoms with Gasteiger partial charge in [0.1, 0.15) is 10.4 Å². The molecule has 1 aromatic rings. The third-order valence-corrected chi connectivity index (χ3v) is 2.69. The van der Waals surface area contributed by atoms with E-state index < -0.39 is 0 Å². The second-order valence-electron chi connectivity index (χ2n) is 3.12. The number of nitrogens with zero attached hydrogens (tertiary/aromatic N) is 3. The van der Waals surface area contributed by atoms with Crippen molar-refractivity contribution in [1.29, 1.82) is 0 Å². The molecule has 2 heterocycles. The molecule has 0 aromatic carbocycles. The van der Waals surface area contributed by atoms with E-state index in [9.17, 15) is 0 Å². The van der Waals surface area contributed by atoms with Crippen LogP contribution in [0.15, 0.2) is 17.0 Å². The van der Waals surface area contributed by atoms with Crippen molar-refractivity contribution in [1.82, 2.24) is 15.3 Å². The Bertz CT molecular complexity index is 283. The summed E-state index contributed by atoms with van der Waals surface area (Å²) in [5, 5.41) is 3.22. The zero-order valence-electron chi connectivity index (χ0n) is 7.37. The van der Waals surface area contributed by atoms with Gasteiger partial charge in [0, 0.05) is 20.1 Å². The van der Waals surface area contributed by atoms with E-state index in [0.717, 1.165) is 23.5 Å². The van der Waals surface area contributed by atoms with Crippen LogP contribution in [0.5, 0.6) is 0 Å². The Balaban J connectivity index is 2.10. The third-order valence-electron chi connectivity index (χ3n) is 2.28. The van der Waals surface area contributed by atoms with E-state index in [1.807, 2.05) is 7.05 Å². The van der Waals surface area contributed by atoms with Crippen LogP contribution in [0.25, 0.3) is 0 Å². The van der Waals surface area contributed by atoms with Crippen molar-refractivity contribution in [3.63, 3.8) is 0 Å². The quantitative estimate of drug-likeness (QED) is 0.827. The zero-order valence-corrected chi connectivity index (χ0v) is 8.95. The lowest BCUT2D eigenvalue weighted by Gasteiger charge is -2.36. The van der Waals surface area contributed by atoms with Crippen LogP contribution in [0.2, 0.25) is 0 Å². The Labute approximate surface area is 85.5 Å². The van der Waals surface area contributed by atoms with Crippen LogP contribution in [0, 0.1) is 0 Å². The van der Waals surface area contributed by atoms with E-state index in [2.05, 4.69) is 36.1 Å². The Morgan fingerprint density at radius 2 is 2.23 bits per heavy atom. The van der Waals surface area contributed by atoms with Crippen molar-refractivity contribution in [2.45, 2.75) is 6.04 Å². The van der Waals surface area contributed by atoms with E-state index in [4.69, 9.17) is 0 Å². The fraction of sp³-hybridized carbons (Fsp3) is 0.500. The summed E-state index contributed by atoms with van der Waals surface area (Å²) in [7, 11) is 2.05. The highest BCUT2D eigenvalue weighted by Gasteiger charge is 2.22. The molecule has 0 aliphatic carbocycles. The van der Waals surface area contributed by atoms with Crippen LogP contribution in [0.4, 0.5) is 5.82 Å². The van der Waals surface area contributed by atoms with E-state index >= 15 is 0 Å². The number of halogens is 1. The topological polar surface area (TPSA) is 41.1 Å². The highest BCUT2D eigenvalue weighted by Crippen LogP contribution is 2.14. The van der Waals surface area contributed by atoms with Crippen molar-refractivity contribution >= 4 is 21.7 Å². The smallest absolute Gasteiger partial charge is 0.147 e. The normalized spacial score (nSPS) is 16.8. The summed E-state index contributed by atoms with van der Waals surface area (Å²) in [6.07, 6.45) is 3.50. The molecule has 0 radical (unpaired) electrons. The van der Waals surface area contributed by atoms with Gasteiger partial charge in [0.2, 0.25) is 0 Å². The van der Waals surface area contributed by atoms with Gasteiger partial charge in [-0.25, -0.2) is 9.97 Å². The maximum absolute atomic E-state index is 4.27. The number of likely N-dealkylation sites (N-methyl/N-ethyl adjacent to an activating group) is 1. The van der Waals surface area contributed by atoms with Crippen LogP contribution in [-0.2, 0) is 0 Å². The predicted octanol–water partition coefficient (Wildman–Crippen LogP) is 0.647. The summed E-state index contributed by atoms with van der Waals surface area (Å²) < 4.78 is 0.774. The molecule has 1 saturated heterocycles. The molecule has 1 N–H and O–H groups in total. The fourth-order valence-electron chi connectivity index (χ4n) is 1.22. The van der Waals surface area contributed by atoms with Crippen molar-refractivity contribution < 1.29 is 0 Å². The molecule has 1 aliphatic rings. The Kier molecular flexibility index (Phi) is 2.46. The minimum absolute atomic E-state index is 0.565. The first-order valence-corrected chi connectivity index (χ1v) is 4.98. The van der Waals surface area contributed by atoms with Gasteiger partial charge in [0.25, 0.3) is 0 Å². The summed E-state index contributed by atoms with van der Waals surface area (Å²) in [5.41, 5.74) is 0. The van der Waals surface area contributed by atoms with Gasteiger partial charge in [-0.1, -0.05) is 0 Å². The molecule has 2 rings (SSSR count). The summed E-state index contributed by atoms with van der Waals surface area (Å²) in [5.74, 6) is 0.926. The molecule has 5 heteroatoms. The summed E-state index contributed by atoms with van der Waals surface area (Å²) >= 11 is 3.26. The van der Waals surface area contributed by atoms with Crippen LogP contribution in [0.3, 0.4) is 0 Å². The first-order chi connectivity index (χ1) is 6.27. The minimum atomic E-state index is 0.565. The van der Waals surface area contributed by atoms with E-state index in [-0.39, 0.29) is 0 Å². The highest BCUT2D eigenvalue weighted by molar-refractivity contribution is 9.10. The molecule has 0 unspecified atom stereocenters. The zero-order chi connectivity index (χ0) is 9.26. The molecule has 0 spiro atoms. The van der Waals surface area contributed by atoms with Crippen LogP contribution >= 0.6 is 15.9 Å². The number of nitrogens with one attached hydrogen (secondary N) is 1. The standard InChI is InChI=1S/C8H11BrN4/c1-13(6-2-10-3-6)8-5-11-7(9)4-12-8/h4-6,10H,2-3H2,1H3. The van der Waals surface area contributed by atoms with Crippen molar-refractivity contribution in [3.05, 3.63) is 17.0 Å². The maximum Gasteiger partial charge on any atom is 0.147 e. The molecule has 13 heavy (non-hydrogen) atoms. The second kappa shape index (κ2) is 3.59. The molecule has 0 atom stereocenters. The predicted molar refractivity (Wildman–Crippen MR) is 54.8 cm³/mol. The minimum Gasteiger partial charge on any atom is -0.353 e. The molecule has 1 fully saturated rings. The van der Waals surface area contributed by atoms with E-state index in [0.29, 0.717) is 6.04 Å². The summed E-state index contributed by atoms with van der Waals surface area (Å²) in [4.78, 5) is 10.6. The first-order valence-electron chi connectivity index (χ1n) is 4.18.